The van der Waals surface area contributed by atoms with Gasteiger partial charge >= 0.3 is 0 Å². The lowest BCUT2D eigenvalue weighted by Gasteiger charge is -2.15. The topological polar surface area (TPSA) is 64.4 Å². The molecule has 1 aromatic carbocycles. The highest BCUT2D eigenvalue weighted by Crippen LogP contribution is 2.21. The minimum atomic E-state index is -0.392. The van der Waals surface area contributed by atoms with E-state index in [4.69, 9.17) is 4.74 Å². The van der Waals surface area contributed by atoms with E-state index < -0.39 is 4.92 Å². The Labute approximate surface area is 99.9 Å². The molecule has 0 aliphatic carbocycles. The van der Waals surface area contributed by atoms with E-state index in [0.717, 1.165) is 25.3 Å². The van der Waals surface area contributed by atoms with Crippen LogP contribution < -0.4 is 5.32 Å². The molecule has 1 heterocycles. The van der Waals surface area contributed by atoms with E-state index >= 15 is 0 Å². The number of anilines is 1. The fourth-order valence-electron chi connectivity index (χ4n) is 1.99. The van der Waals surface area contributed by atoms with Crippen LogP contribution in [0.3, 0.4) is 0 Å². The number of ether oxygens (including phenoxy) is 1. The van der Waals surface area contributed by atoms with Gasteiger partial charge in [-0.05, 0) is 25.5 Å². The molecular formula is C12H16N2O3. The first-order valence-corrected chi connectivity index (χ1v) is 5.77. The van der Waals surface area contributed by atoms with E-state index in [1.54, 1.807) is 12.1 Å². The summed E-state index contributed by atoms with van der Waals surface area (Å²) in [5.74, 6) is 0.519. The fourth-order valence-corrected chi connectivity index (χ4v) is 1.99. The second kappa shape index (κ2) is 5.14. The van der Waals surface area contributed by atoms with Gasteiger partial charge in [0.25, 0.3) is 5.69 Å². The Morgan fingerprint density at radius 2 is 2.18 bits per heavy atom. The average molecular weight is 236 g/mol. The van der Waals surface area contributed by atoms with Crippen molar-refractivity contribution in [1.82, 2.24) is 0 Å². The van der Waals surface area contributed by atoms with Crippen molar-refractivity contribution in [2.45, 2.75) is 19.4 Å². The van der Waals surface area contributed by atoms with Gasteiger partial charge in [-0.1, -0.05) is 0 Å². The Kier molecular flexibility index (Phi) is 3.58. The smallest absolute Gasteiger partial charge is 0.269 e. The Balaban J connectivity index is 1.88. The van der Waals surface area contributed by atoms with Gasteiger partial charge in [-0.3, -0.25) is 10.1 Å². The van der Waals surface area contributed by atoms with Crippen LogP contribution >= 0.6 is 0 Å². The quantitative estimate of drug-likeness (QED) is 0.644. The van der Waals surface area contributed by atoms with Crippen LogP contribution in [0.15, 0.2) is 24.3 Å². The molecule has 0 bridgehead atoms. The highest BCUT2D eigenvalue weighted by molar-refractivity contribution is 5.48. The average Bonchev–Trinajstić information content (AvgIpc) is 2.73. The van der Waals surface area contributed by atoms with Crippen molar-refractivity contribution >= 4 is 11.4 Å². The van der Waals surface area contributed by atoms with Crippen molar-refractivity contribution in [2.24, 2.45) is 5.92 Å². The summed E-state index contributed by atoms with van der Waals surface area (Å²) in [6.07, 6.45) is 1.36. The third kappa shape index (κ3) is 2.94. The Morgan fingerprint density at radius 3 is 2.71 bits per heavy atom. The van der Waals surface area contributed by atoms with E-state index in [-0.39, 0.29) is 5.69 Å². The maximum absolute atomic E-state index is 10.5. The van der Waals surface area contributed by atoms with E-state index in [0.29, 0.717) is 12.0 Å². The molecule has 0 aromatic heterocycles. The number of nitrogens with one attached hydrogen (secondary N) is 1. The van der Waals surface area contributed by atoms with Gasteiger partial charge in [-0.2, -0.15) is 0 Å². The van der Waals surface area contributed by atoms with Crippen molar-refractivity contribution in [1.29, 1.82) is 0 Å². The summed E-state index contributed by atoms with van der Waals surface area (Å²) < 4.78 is 5.48. The predicted octanol–water partition coefficient (Wildman–Crippen LogP) is 2.43. The van der Waals surface area contributed by atoms with Gasteiger partial charge in [0.15, 0.2) is 0 Å². The number of rotatable bonds is 4. The Morgan fingerprint density at radius 1 is 1.47 bits per heavy atom. The molecule has 2 unspecified atom stereocenters. The molecule has 1 aliphatic rings. The molecule has 1 aromatic rings. The standard InChI is InChI=1S/C12H16N2O3/c1-9-10(6-7-17-9)8-13-11-2-4-12(5-3-11)14(15)16/h2-5,9-10,13H,6-8H2,1H3. The van der Waals surface area contributed by atoms with Crippen LogP contribution in [0.2, 0.25) is 0 Å². The van der Waals surface area contributed by atoms with Gasteiger partial charge in [0.05, 0.1) is 11.0 Å². The molecule has 5 nitrogen and oxygen atoms in total. The first kappa shape index (κ1) is 11.9. The highest BCUT2D eigenvalue weighted by Gasteiger charge is 2.23. The molecule has 0 saturated carbocycles. The summed E-state index contributed by atoms with van der Waals surface area (Å²) in [6.45, 7) is 3.75. The molecule has 0 radical (unpaired) electrons. The number of nitro benzene ring substituents is 1. The summed E-state index contributed by atoms with van der Waals surface area (Å²) in [4.78, 5) is 10.1. The number of nitro groups is 1. The van der Waals surface area contributed by atoms with Crippen LogP contribution in [0.25, 0.3) is 0 Å². The minimum absolute atomic E-state index is 0.119. The second-order valence-corrected chi connectivity index (χ2v) is 4.31. The molecule has 1 N–H and O–H groups in total. The molecule has 17 heavy (non-hydrogen) atoms. The molecule has 2 atom stereocenters. The molecule has 2 rings (SSSR count). The summed E-state index contributed by atoms with van der Waals surface area (Å²) in [6, 6.07) is 6.49. The number of non-ortho nitro benzene ring substituents is 1. The van der Waals surface area contributed by atoms with Gasteiger partial charge in [-0.15, -0.1) is 0 Å². The van der Waals surface area contributed by atoms with Crippen molar-refractivity contribution in [2.75, 3.05) is 18.5 Å². The number of hydrogen-bond donors (Lipinski definition) is 1. The third-order valence-electron chi connectivity index (χ3n) is 3.18. The largest absolute Gasteiger partial charge is 0.385 e. The SMILES string of the molecule is CC1OCCC1CNc1ccc([N+](=O)[O-])cc1. The summed E-state index contributed by atoms with van der Waals surface area (Å²) in [5.41, 5.74) is 1.03. The molecule has 1 aliphatic heterocycles. The van der Waals surface area contributed by atoms with Crippen LogP contribution in [-0.4, -0.2) is 24.2 Å². The van der Waals surface area contributed by atoms with Crippen LogP contribution in [0.5, 0.6) is 0 Å². The predicted molar refractivity (Wildman–Crippen MR) is 65.1 cm³/mol. The van der Waals surface area contributed by atoms with Crippen LogP contribution in [0, 0.1) is 16.0 Å². The number of nitrogens with zero attached hydrogens (tertiary/aromatic N) is 1. The lowest BCUT2D eigenvalue weighted by molar-refractivity contribution is -0.384. The highest BCUT2D eigenvalue weighted by atomic mass is 16.6. The normalized spacial score (nSPS) is 23.6. The summed E-state index contributed by atoms with van der Waals surface area (Å²) in [7, 11) is 0. The Hall–Kier alpha value is -1.62. The monoisotopic (exact) mass is 236 g/mol. The molecule has 1 saturated heterocycles. The zero-order valence-corrected chi connectivity index (χ0v) is 9.76. The molecular weight excluding hydrogens is 220 g/mol. The van der Waals surface area contributed by atoms with Crippen molar-refractivity contribution in [3.63, 3.8) is 0 Å². The minimum Gasteiger partial charge on any atom is -0.385 e. The lowest BCUT2D eigenvalue weighted by Crippen LogP contribution is -2.20. The van der Waals surface area contributed by atoms with E-state index in [1.807, 2.05) is 0 Å². The summed E-state index contributed by atoms with van der Waals surface area (Å²) >= 11 is 0. The summed E-state index contributed by atoms with van der Waals surface area (Å²) in [5, 5.41) is 13.8. The lowest BCUT2D eigenvalue weighted by atomic mass is 10.0. The van der Waals surface area contributed by atoms with Crippen molar-refractivity contribution in [3.05, 3.63) is 34.4 Å². The van der Waals surface area contributed by atoms with E-state index in [2.05, 4.69) is 12.2 Å². The van der Waals surface area contributed by atoms with Crippen molar-refractivity contribution < 1.29 is 9.66 Å². The zero-order chi connectivity index (χ0) is 12.3. The maximum Gasteiger partial charge on any atom is 0.269 e. The van der Waals surface area contributed by atoms with Gasteiger partial charge in [0.1, 0.15) is 0 Å². The maximum atomic E-state index is 10.5. The van der Waals surface area contributed by atoms with Gasteiger partial charge in [0, 0.05) is 36.9 Å². The van der Waals surface area contributed by atoms with Gasteiger partial charge < -0.3 is 10.1 Å². The second-order valence-electron chi connectivity index (χ2n) is 4.31. The third-order valence-corrected chi connectivity index (χ3v) is 3.18. The van der Waals surface area contributed by atoms with E-state index in [9.17, 15) is 10.1 Å². The van der Waals surface area contributed by atoms with E-state index in [1.165, 1.54) is 12.1 Å². The zero-order valence-electron chi connectivity index (χ0n) is 9.76. The first-order chi connectivity index (χ1) is 8.16. The van der Waals surface area contributed by atoms with Crippen LogP contribution in [0.1, 0.15) is 13.3 Å². The van der Waals surface area contributed by atoms with Crippen molar-refractivity contribution in [3.8, 4) is 0 Å². The van der Waals surface area contributed by atoms with Crippen LogP contribution in [0.4, 0.5) is 11.4 Å². The van der Waals surface area contributed by atoms with Crippen LogP contribution in [-0.2, 0) is 4.74 Å². The first-order valence-electron chi connectivity index (χ1n) is 5.77. The number of hydrogen-bond acceptors (Lipinski definition) is 4. The van der Waals surface area contributed by atoms with Gasteiger partial charge in [-0.25, -0.2) is 0 Å². The molecule has 5 heteroatoms. The van der Waals surface area contributed by atoms with Gasteiger partial charge in [0.2, 0.25) is 0 Å². The fraction of sp³-hybridized carbons (Fsp3) is 0.500. The number of benzene rings is 1. The molecule has 0 amide bonds. The molecule has 1 fully saturated rings. The molecule has 92 valence electrons. The molecule has 0 spiro atoms. The Bertz CT molecular complexity index is 391.